The number of hydrogen-bond donors (Lipinski definition) is 4. The third-order valence-corrected chi connectivity index (χ3v) is 14.1. The maximum Gasteiger partial charge on any atom is 0.350 e. The molecule has 18 nitrogen and oxygen atoms in total. The number of amides is 1. The van der Waals surface area contributed by atoms with Gasteiger partial charge in [0, 0.05) is 31.7 Å². The van der Waals surface area contributed by atoms with E-state index in [1.54, 1.807) is 68.4 Å². The first-order chi connectivity index (χ1) is 32.6. The maximum absolute atomic E-state index is 15.7. The number of carbonyl (C=O) groups excluding carboxylic acids is 7. The van der Waals surface area contributed by atoms with E-state index in [1.807, 2.05) is 0 Å². The summed E-state index contributed by atoms with van der Waals surface area (Å²) in [5.41, 5.74) is -4.89. The van der Waals surface area contributed by atoms with Gasteiger partial charge in [0.15, 0.2) is 17.5 Å². The molecule has 3 fully saturated rings. The summed E-state index contributed by atoms with van der Waals surface area (Å²) in [5.74, 6) is -11.1. The monoisotopic (exact) mass is 953 g/mol. The number of benzene rings is 3. The normalized spacial score (nSPS) is 29.7. The topological polar surface area (TPSA) is 265 Å². The minimum Gasteiger partial charge on any atom is -0.481 e. The molecule has 12 atom stereocenters. The van der Waals surface area contributed by atoms with Gasteiger partial charge in [0.05, 0.1) is 42.4 Å². The molecule has 18 heteroatoms. The number of fused-ring (bicyclic) bond motifs is 5. The molecule has 0 spiro atoms. The van der Waals surface area contributed by atoms with Crippen LogP contribution in [0.5, 0.6) is 0 Å². The minimum atomic E-state index is -2.07. The number of carbonyl (C=O) groups is 8. The molecule has 366 valence electrons. The van der Waals surface area contributed by atoms with Crippen LogP contribution in [0.1, 0.15) is 93.1 Å². The molecule has 69 heavy (non-hydrogen) atoms. The van der Waals surface area contributed by atoms with Crippen LogP contribution in [0, 0.1) is 22.7 Å². The molecule has 1 unspecified atom stereocenters. The van der Waals surface area contributed by atoms with E-state index in [0.717, 1.165) is 13.8 Å². The van der Waals surface area contributed by atoms with Crippen LogP contribution in [0.2, 0.25) is 0 Å². The number of carboxylic acids is 1. The highest BCUT2D eigenvalue weighted by Crippen LogP contribution is 2.63. The number of aliphatic hydroxyl groups is 2. The molecule has 2 bridgehead atoms. The highest BCUT2D eigenvalue weighted by atomic mass is 16.6. The number of nitrogens with one attached hydrogen (secondary N) is 1. The van der Waals surface area contributed by atoms with Crippen LogP contribution in [0.4, 0.5) is 0 Å². The van der Waals surface area contributed by atoms with Gasteiger partial charge >= 0.3 is 35.8 Å². The smallest absolute Gasteiger partial charge is 0.350 e. The van der Waals surface area contributed by atoms with Crippen molar-refractivity contribution in [1.29, 1.82) is 0 Å². The van der Waals surface area contributed by atoms with Gasteiger partial charge in [0.25, 0.3) is 5.91 Å². The summed E-state index contributed by atoms with van der Waals surface area (Å²) in [7, 11) is 0. The van der Waals surface area contributed by atoms with Crippen LogP contribution in [0.25, 0.3) is 0 Å². The van der Waals surface area contributed by atoms with Crippen LogP contribution in [-0.2, 0) is 57.2 Å². The summed E-state index contributed by atoms with van der Waals surface area (Å²) in [6, 6.07) is 22.1. The van der Waals surface area contributed by atoms with Gasteiger partial charge in [-0.15, -0.1) is 0 Å². The average molecular weight is 954 g/mol. The summed E-state index contributed by atoms with van der Waals surface area (Å²) in [4.78, 5) is 110. The Morgan fingerprint density at radius 1 is 0.797 bits per heavy atom. The van der Waals surface area contributed by atoms with E-state index in [-0.39, 0.29) is 40.9 Å². The Labute approximate surface area is 397 Å². The number of ether oxygens (including phenoxy) is 6. The molecule has 4 aliphatic rings. The Hall–Kier alpha value is -6.76. The number of hydrogen-bond acceptors (Lipinski definition) is 16. The highest BCUT2D eigenvalue weighted by molar-refractivity contribution is 5.96. The molecule has 1 amide bonds. The first kappa shape index (κ1) is 50.1. The van der Waals surface area contributed by atoms with E-state index in [1.165, 1.54) is 50.2 Å². The third-order valence-electron chi connectivity index (χ3n) is 14.1. The predicted molar refractivity (Wildman–Crippen MR) is 238 cm³/mol. The molecule has 3 aliphatic carbocycles. The van der Waals surface area contributed by atoms with Gasteiger partial charge in [-0.2, -0.15) is 0 Å². The average Bonchev–Trinajstić information content (AvgIpc) is 3.30. The summed E-state index contributed by atoms with van der Waals surface area (Å²) >= 11 is 0. The van der Waals surface area contributed by atoms with Crippen molar-refractivity contribution in [3.05, 3.63) is 119 Å². The van der Waals surface area contributed by atoms with Gasteiger partial charge in [-0.25, -0.2) is 9.59 Å². The molecule has 7 rings (SSSR count). The summed E-state index contributed by atoms with van der Waals surface area (Å²) in [6.07, 6.45) is -13.6. The van der Waals surface area contributed by atoms with Crippen molar-refractivity contribution < 1.29 is 82.1 Å². The van der Waals surface area contributed by atoms with Crippen molar-refractivity contribution in [2.45, 2.75) is 115 Å². The quantitative estimate of drug-likeness (QED) is 0.101. The van der Waals surface area contributed by atoms with Crippen molar-refractivity contribution in [2.24, 2.45) is 22.7 Å². The second-order valence-electron chi connectivity index (χ2n) is 18.7. The molecular formula is C51H55NO17. The zero-order chi connectivity index (χ0) is 50.2. The molecule has 1 heterocycles. The fourth-order valence-corrected chi connectivity index (χ4v) is 10.9. The number of aliphatic carboxylic acids is 1. The van der Waals surface area contributed by atoms with Crippen molar-refractivity contribution >= 4 is 47.5 Å². The van der Waals surface area contributed by atoms with E-state index in [2.05, 4.69) is 5.32 Å². The number of aliphatic hydroxyl groups excluding tert-OH is 2. The molecule has 0 radical (unpaired) electrons. The van der Waals surface area contributed by atoms with Gasteiger partial charge in [-0.05, 0) is 60.2 Å². The Balaban J connectivity index is 1.42. The molecule has 3 aromatic rings. The number of esters is 5. The van der Waals surface area contributed by atoms with Gasteiger partial charge in [0.2, 0.25) is 6.10 Å². The standard InChI is InChI=1S/C51H55NO17/c1-26-36-42(65-27(2)53)45(60)50(6)32(55)24-33-51(25-64-33,69-28(3)54)44(50)41(68-47(62)31-20-14-9-15-21-31)37(49(36,4)5)39(59)40(26)67-48(63)43(66-35(58)23-22-34(56)57)38(29-16-10-7-11-17-29)52-46(61)30-18-12-8-13-19-30/h7-21,32-33,37-44,55,59H,22-25H2,1-6H3,(H,52,61)(H,56,57)/t32-,33+,37?,38-,39+,40+,41+,42+,43+,44-,50+,51-/m0/s1. The van der Waals surface area contributed by atoms with Gasteiger partial charge in [-0.3, -0.25) is 28.8 Å². The van der Waals surface area contributed by atoms with Crippen molar-refractivity contribution in [1.82, 2.24) is 5.32 Å². The van der Waals surface area contributed by atoms with E-state index in [4.69, 9.17) is 28.4 Å². The molecule has 2 saturated carbocycles. The Bertz CT molecular complexity index is 2530. The van der Waals surface area contributed by atoms with E-state index < -0.39 is 137 Å². The van der Waals surface area contributed by atoms with E-state index in [0.29, 0.717) is 0 Å². The van der Waals surface area contributed by atoms with E-state index >= 15 is 9.59 Å². The Morgan fingerprint density at radius 2 is 1.39 bits per heavy atom. The maximum atomic E-state index is 15.7. The third kappa shape index (κ3) is 9.40. The fourth-order valence-electron chi connectivity index (χ4n) is 10.9. The zero-order valence-corrected chi connectivity index (χ0v) is 38.8. The molecule has 3 aromatic carbocycles. The number of carboxylic acid groups (broad SMARTS) is 1. The van der Waals surface area contributed by atoms with Crippen LogP contribution < -0.4 is 5.32 Å². The Kier molecular flexibility index (Phi) is 14.3. The second kappa shape index (κ2) is 19.7. The van der Waals surface area contributed by atoms with E-state index in [9.17, 15) is 44.1 Å². The van der Waals surface area contributed by atoms with Crippen LogP contribution in [0.15, 0.2) is 102 Å². The lowest BCUT2D eigenvalue weighted by Crippen LogP contribution is -2.80. The first-order valence-electron chi connectivity index (χ1n) is 22.5. The van der Waals surface area contributed by atoms with Crippen molar-refractivity contribution in [3.63, 3.8) is 0 Å². The lowest BCUT2D eigenvalue weighted by molar-refractivity contribution is -0.337. The molecule has 1 saturated heterocycles. The lowest BCUT2D eigenvalue weighted by atomic mass is 9.45. The lowest BCUT2D eigenvalue weighted by Gasteiger charge is -2.66. The van der Waals surface area contributed by atoms with Crippen molar-refractivity contribution in [3.8, 4) is 0 Å². The molecular weight excluding hydrogens is 899 g/mol. The molecule has 0 aromatic heterocycles. The van der Waals surface area contributed by atoms with Crippen LogP contribution in [0.3, 0.4) is 0 Å². The summed E-state index contributed by atoms with van der Waals surface area (Å²) < 4.78 is 36.3. The van der Waals surface area contributed by atoms with Crippen LogP contribution in [-0.4, -0.2) is 118 Å². The Morgan fingerprint density at radius 3 is 1.94 bits per heavy atom. The number of ketones is 1. The summed E-state index contributed by atoms with van der Waals surface area (Å²) in [6.45, 7) is 7.92. The minimum absolute atomic E-state index is 0.00252. The van der Waals surface area contributed by atoms with Gasteiger partial charge in [0.1, 0.15) is 30.5 Å². The van der Waals surface area contributed by atoms with Crippen molar-refractivity contribution in [2.75, 3.05) is 6.61 Å². The fraction of sp³-hybridized carbons (Fsp3) is 0.451. The van der Waals surface area contributed by atoms with Gasteiger partial charge in [-0.1, -0.05) is 80.6 Å². The summed E-state index contributed by atoms with van der Waals surface area (Å²) in [5, 5.41) is 37.3. The number of rotatable bonds is 14. The zero-order valence-electron chi connectivity index (χ0n) is 38.8. The van der Waals surface area contributed by atoms with Crippen LogP contribution >= 0.6 is 0 Å². The largest absolute Gasteiger partial charge is 0.481 e. The SMILES string of the molecule is CC(=O)O[C@H]1C(=O)[C@@]2(C)[C@H]([C@H](OC(=O)c3ccccc3)C3[C@@H](O)[C@H](OC(=O)[C@H](OC(=O)CCC(=O)O)[C@@H](NC(=O)c4ccccc4)c4ccccc4)C(C)=C1C3(C)C)[C@]1(OC(C)=O)CO[C@@H]1C[C@@H]2O. The molecule has 4 N–H and O–H groups in total. The molecule has 1 aliphatic heterocycles. The second-order valence-corrected chi connectivity index (χ2v) is 18.7. The highest BCUT2D eigenvalue weighted by Gasteiger charge is 2.76. The number of Topliss-reactive ketones (excluding diaryl/α,β-unsaturated/α-hetero) is 1. The first-order valence-corrected chi connectivity index (χ1v) is 22.5. The predicted octanol–water partition coefficient (Wildman–Crippen LogP) is 4.01. The van der Waals surface area contributed by atoms with Gasteiger partial charge < -0.3 is 49.1 Å².